The molecule has 3 aliphatic carbocycles. The second-order valence-corrected chi connectivity index (χ2v) is 18.6. The van der Waals surface area contributed by atoms with Crippen molar-refractivity contribution in [3.63, 3.8) is 0 Å². The number of anilines is 3. The van der Waals surface area contributed by atoms with Crippen LogP contribution in [-0.4, -0.2) is 0 Å². The van der Waals surface area contributed by atoms with E-state index in [9.17, 15) is 0 Å². The average Bonchev–Trinajstić information content (AvgIpc) is 4.06. The Labute approximate surface area is 402 Å². The minimum Gasteiger partial charge on any atom is -0.455 e. The molecule has 0 saturated carbocycles. The van der Waals surface area contributed by atoms with E-state index in [1.807, 2.05) is 0 Å². The van der Waals surface area contributed by atoms with Crippen LogP contribution in [0.1, 0.15) is 51.3 Å². The Bertz CT molecular complexity index is 3800. The average molecular weight is 880 g/mol. The van der Waals surface area contributed by atoms with E-state index >= 15 is 0 Å². The lowest BCUT2D eigenvalue weighted by atomic mass is 9.70. The number of allylic oxidation sites excluding steroid dienone is 4. The topological polar surface area (TPSA) is 16.4 Å². The number of fused-ring (bicyclic) bond motifs is 14. The normalized spacial score (nSPS) is 15.0. The van der Waals surface area contributed by atoms with Crippen LogP contribution in [0.5, 0.6) is 0 Å². The zero-order chi connectivity index (χ0) is 45.5. The molecule has 3 aliphatic rings. The molecule has 0 N–H and O–H groups in total. The van der Waals surface area contributed by atoms with E-state index in [-0.39, 0.29) is 0 Å². The summed E-state index contributed by atoms with van der Waals surface area (Å²) in [5, 5.41) is 2.21. The summed E-state index contributed by atoms with van der Waals surface area (Å²) in [5.41, 5.74) is 23.4. The van der Waals surface area contributed by atoms with Crippen LogP contribution in [-0.2, 0) is 5.41 Å². The highest BCUT2D eigenvalue weighted by molar-refractivity contribution is 6.19. The maximum atomic E-state index is 7.15. The van der Waals surface area contributed by atoms with Crippen LogP contribution in [0.2, 0.25) is 0 Å². The maximum absolute atomic E-state index is 7.15. The van der Waals surface area contributed by atoms with Crippen molar-refractivity contribution in [3.8, 4) is 33.4 Å². The van der Waals surface area contributed by atoms with Gasteiger partial charge in [-0.15, -0.1) is 0 Å². The molecule has 11 aromatic rings. The second kappa shape index (κ2) is 15.7. The van der Waals surface area contributed by atoms with Gasteiger partial charge in [0.15, 0.2) is 0 Å². The predicted molar refractivity (Wildman–Crippen MR) is 286 cm³/mol. The Morgan fingerprint density at radius 1 is 0.420 bits per heavy atom. The molecule has 0 bridgehead atoms. The van der Waals surface area contributed by atoms with Crippen molar-refractivity contribution in [2.75, 3.05) is 4.90 Å². The molecule has 1 spiro atoms. The number of para-hydroxylation sites is 2. The molecule has 324 valence electrons. The molecule has 0 saturated heterocycles. The number of nitrogens with zero attached hydrogens (tertiary/aromatic N) is 1. The van der Waals surface area contributed by atoms with Gasteiger partial charge in [0.1, 0.15) is 11.2 Å². The molecule has 1 aromatic heterocycles. The third-order valence-electron chi connectivity index (χ3n) is 15.0. The molecular formula is C67H45NO. The summed E-state index contributed by atoms with van der Waals surface area (Å²) < 4.78 is 7.15. The maximum Gasteiger partial charge on any atom is 0.145 e. The Morgan fingerprint density at radius 3 is 1.61 bits per heavy atom. The SMILES string of the molecule is C1=C(c2ccccc2)C(c2ccc(-c3ccc(N(c4ccccc4)c4cc5c(c6oc7ccccc7c46)-c4ccccc4C54c5ccccc5-c5ccccc54)cc3)cc2)=CC(c2ccccc2)C1. The summed E-state index contributed by atoms with van der Waals surface area (Å²) in [7, 11) is 0. The van der Waals surface area contributed by atoms with Crippen molar-refractivity contribution in [3.05, 3.63) is 294 Å². The first-order valence-corrected chi connectivity index (χ1v) is 24.1. The third kappa shape index (κ3) is 5.98. The second-order valence-electron chi connectivity index (χ2n) is 18.6. The molecule has 1 heterocycles. The fraction of sp³-hybridized carbons (Fsp3) is 0.0448. The van der Waals surface area contributed by atoms with Gasteiger partial charge in [0, 0.05) is 28.2 Å². The van der Waals surface area contributed by atoms with Crippen LogP contribution in [0.15, 0.2) is 259 Å². The lowest BCUT2D eigenvalue weighted by Gasteiger charge is -2.32. The highest BCUT2D eigenvalue weighted by Gasteiger charge is 2.53. The first-order valence-electron chi connectivity index (χ1n) is 24.1. The van der Waals surface area contributed by atoms with Crippen LogP contribution >= 0.6 is 0 Å². The minimum atomic E-state index is -0.535. The number of hydrogen-bond acceptors (Lipinski definition) is 2. The molecule has 1 atom stereocenters. The molecule has 69 heavy (non-hydrogen) atoms. The van der Waals surface area contributed by atoms with Gasteiger partial charge in [-0.1, -0.05) is 218 Å². The van der Waals surface area contributed by atoms with E-state index in [0.717, 1.165) is 45.4 Å². The highest BCUT2D eigenvalue weighted by atomic mass is 16.3. The van der Waals surface area contributed by atoms with Crippen molar-refractivity contribution in [2.45, 2.75) is 17.8 Å². The minimum absolute atomic E-state index is 0.325. The first-order chi connectivity index (χ1) is 34.2. The molecule has 2 heteroatoms. The Balaban J connectivity index is 0.922. The quantitative estimate of drug-likeness (QED) is 0.159. The van der Waals surface area contributed by atoms with Crippen LogP contribution < -0.4 is 4.90 Å². The third-order valence-corrected chi connectivity index (χ3v) is 15.0. The highest BCUT2D eigenvalue weighted by Crippen LogP contribution is 2.65. The standard InChI is InChI=1S/C67H45NO/c1-4-18-44(19-5-1)49-38-41-52(47-20-6-2-7-21-47)57(42-49)48-34-32-45(33-35-48)46-36-39-51(40-37-46)68(50-22-8-3-9-23-50)62-43-61-64(66-65(62)56-27-13-17-31-63(56)69-66)55-26-12-16-30-60(55)67(61)58-28-14-10-24-53(58)54-25-11-15-29-59(54)67/h1-37,39-43,49H,38H2. The number of benzene rings is 10. The lowest BCUT2D eigenvalue weighted by Crippen LogP contribution is -2.26. The van der Waals surface area contributed by atoms with Crippen molar-refractivity contribution in [1.82, 2.24) is 0 Å². The van der Waals surface area contributed by atoms with Crippen LogP contribution in [0.3, 0.4) is 0 Å². The zero-order valence-electron chi connectivity index (χ0n) is 37.9. The van der Waals surface area contributed by atoms with E-state index in [1.165, 1.54) is 83.5 Å². The lowest BCUT2D eigenvalue weighted by molar-refractivity contribution is 0.669. The van der Waals surface area contributed by atoms with Gasteiger partial charge in [-0.25, -0.2) is 0 Å². The van der Waals surface area contributed by atoms with Gasteiger partial charge >= 0.3 is 0 Å². The van der Waals surface area contributed by atoms with Crippen LogP contribution in [0, 0.1) is 0 Å². The van der Waals surface area contributed by atoms with E-state index in [1.54, 1.807) is 0 Å². The monoisotopic (exact) mass is 879 g/mol. The summed E-state index contributed by atoms with van der Waals surface area (Å²) in [5.74, 6) is 0.325. The fourth-order valence-electron chi connectivity index (χ4n) is 12.0. The van der Waals surface area contributed by atoms with E-state index in [2.05, 4.69) is 260 Å². The summed E-state index contributed by atoms with van der Waals surface area (Å²) in [6.07, 6.45) is 5.88. The molecule has 0 radical (unpaired) electrons. The molecule has 2 nitrogen and oxygen atoms in total. The Kier molecular flexibility index (Phi) is 8.97. The van der Waals surface area contributed by atoms with Crippen molar-refractivity contribution < 1.29 is 4.42 Å². The van der Waals surface area contributed by atoms with Crippen LogP contribution in [0.25, 0.3) is 66.5 Å². The van der Waals surface area contributed by atoms with Gasteiger partial charge in [0.2, 0.25) is 0 Å². The van der Waals surface area contributed by atoms with Gasteiger partial charge in [-0.2, -0.15) is 0 Å². The van der Waals surface area contributed by atoms with Gasteiger partial charge in [0.25, 0.3) is 0 Å². The van der Waals surface area contributed by atoms with Gasteiger partial charge in [-0.3, -0.25) is 0 Å². The molecular weight excluding hydrogens is 835 g/mol. The van der Waals surface area contributed by atoms with E-state index < -0.39 is 5.41 Å². The summed E-state index contributed by atoms with van der Waals surface area (Å²) >= 11 is 0. The number of hydrogen-bond donors (Lipinski definition) is 0. The smallest absolute Gasteiger partial charge is 0.145 e. The number of furan rings is 1. The van der Waals surface area contributed by atoms with Gasteiger partial charge in [-0.05, 0) is 121 Å². The predicted octanol–water partition coefficient (Wildman–Crippen LogP) is 17.7. The van der Waals surface area contributed by atoms with Gasteiger partial charge in [0.05, 0.1) is 16.5 Å². The molecule has 0 aliphatic heterocycles. The first kappa shape index (κ1) is 39.4. The molecule has 1 unspecified atom stereocenters. The molecule has 0 fully saturated rings. The zero-order valence-corrected chi connectivity index (χ0v) is 37.9. The Hall–Kier alpha value is -8.72. The van der Waals surface area contributed by atoms with E-state index in [4.69, 9.17) is 4.42 Å². The molecule has 0 amide bonds. The number of rotatable bonds is 7. The van der Waals surface area contributed by atoms with Gasteiger partial charge < -0.3 is 9.32 Å². The molecule has 10 aromatic carbocycles. The van der Waals surface area contributed by atoms with E-state index in [0.29, 0.717) is 5.92 Å². The van der Waals surface area contributed by atoms with Crippen molar-refractivity contribution >= 4 is 50.1 Å². The summed E-state index contributed by atoms with van der Waals surface area (Å²) in [6.45, 7) is 0. The van der Waals surface area contributed by atoms with Crippen molar-refractivity contribution in [1.29, 1.82) is 0 Å². The largest absolute Gasteiger partial charge is 0.455 e. The Morgan fingerprint density at radius 2 is 0.928 bits per heavy atom. The molecule has 14 rings (SSSR count). The van der Waals surface area contributed by atoms with Crippen LogP contribution in [0.4, 0.5) is 17.1 Å². The summed E-state index contributed by atoms with van der Waals surface area (Å²) in [6, 6.07) is 88.9. The van der Waals surface area contributed by atoms with Crippen molar-refractivity contribution in [2.24, 2.45) is 0 Å². The summed E-state index contributed by atoms with van der Waals surface area (Å²) in [4.78, 5) is 2.44. The fourth-order valence-corrected chi connectivity index (χ4v) is 12.0.